The summed E-state index contributed by atoms with van der Waals surface area (Å²) in [4.78, 5) is 4.49. The van der Waals surface area contributed by atoms with Crippen LogP contribution in [0.3, 0.4) is 0 Å². The number of rotatable bonds is 2. The molecule has 0 nitrogen and oxygen atoms in total. The maximum absolute atomic E-state index is 2.53. The van der Waals surface area contributed by atoms with Crippen LogP contribution in [0.25, 0.3) is 9.75 Å². The smallest absolute Gasteiger partial charge is 0.124 e. The van der Waals surface area contributed by atoms with Crippen LogP contribution in [0.15, 0.2) is 42.5 Å². The van der Waals surface area contributed by atoms with Gasteiger partial charge in [0.1, 0.15) is 8.07 Å². The average Bonchev–Trinajstić information content (AvgIpc) is 3.16. The third-order valence-corrected chi connectivity index (χ3v) is 12.4. The maximum atomic E-state index is 2.53. The highest BCUT2D eigenvalue weighted by atomic mass is 32.1. The summed E-state index contributed by atoms with van der Waals surface area (Å²) in [7, 11) is -1.60. The summed E-state index contributed by atoms with van der Waals surface area (Å²) in [6.45, 7) is 12.0. The van der Waals surface area contributed by atoms with Crippen molar-refractivity contribution < 1.29 is 0 Å². The number of aryl methyl sites for hydroxylation is 1. The van der Waals surface area contributed by atoms with Gasteiger partial charge in [-0.15, -0.1) is 22.7 Å². The van der Waals surface area contributed by atoms with E-state index in [0.717, 1.165) is 0 Å². The Balaban J connectivity index is 1.88. The summed E-state index contributed by atoms with van der Waals surface area (Å²) >= 11 is 4.02. The number of benzene rings is 1. The molecule has 1 aliphatic carbocycles. The van der Waals surface area contributed by atoms with Gasteiger partial charge >= 0.3 is 0 Å². The Morgan fingerprint density at radius 3 is 2.17 bits per heavy atom. The summed E-state index contributed by atoms with van der Waals surface area (Å²) in [5.74, 6) is 0. The summed E-state index contributed by atoms with van der Waals surface area (Å²) in [6.07, 6.45) is 0. The van der Waals surface area contributed by atoms with Crippen LogP contribution in [0.1, 0.15) is 29.9 Å². The topological polar surface area (TPSA) is 0 Å². The van der Waals surface area contributed by atoms with E-state index in [4.69, 9.17) is 0 Å². The minimum absolute atomic E-state index is 0.158. The summed E-state index contributed by atoms with van der Waals surface area (Å²) in [5.41, 5.74) is 3.24. The van der Waals surface area contributed by atoms with Crippen molar-refractivity contribution in [3.8, 4) is 9.75 Å². The largest absolute Gasteiger partial charge is 0.143 e. The van der Waals surface area contributed by atoms with E-state index in [1.54, 1.807) is 10.1 Å². The van der Waals surface area contributed by atoms with E-state index < -0.39 is 8.07 Å². The van der Waals surface area contributed by atoms with E-state index in [1.807, 2.05) is 11.3 Å². The molecule has 118 valence electrons. The summed E-state index contributed by atoms with van der Waals surface area (Å²) in [5, 5.41) is 1.53. The van der Waals surface area contributed by atoms with Crippen molar-refractivity contribution in [2.24, 2.45) is 0 Å². The van der Waals surface area contributed by atoms with Gasteiger partial charge in [0.25, 0.3) is 0 Å². The predicted molar refractivity (Wildman–Crippen MR) is 108 cm³/mol. The van der Waals surface area contributed by atoms with Gasteiger partial charge in [-0.25, -0.2) is 0 Å². The highest BCUT2D eigenvalue weighted by Crippen LogP contribution is 2.54. The van der Waals surface area contributed by atoms with Gasteiger partial charge in [-0.3, -0.25) is 0 Å². The minimum Gasteiger partial charge on any atom is -0.143 e. The van der Waals surface area contributed by atoms with E-state index in [0.29, 0.717) is 0 Å². The standard InChI is InChI=1S/C20H22S2Si/c1-13-11-15-18(21-13)19-16(20(15,2)3)12-17(22-19)23(4,5)14-9-7-6-8-10-14/h6-12H,1-5H3. The third-order valence-electron chi connectivity index (χ3n) is 5.25. The Labute approximate surface area is 147 Å². The molecule has 0 amide bonds. The number of hydrogen-bond donors (Lipinski definition) is 0. The molecule has 0 saturated carbocycles. The van der Waals surface area contributed by atoms with Crippen LogP contribution >= 0.6 is 22.7 Å². The van der Waals surface area contributed by atoms with Crippen molar-refractivity contribution in [2.45, 2.75) is 39.3 Å². The van der Waals surface area contributed by atoms with Gasteiger partial charge in [0, 0.05) is 20.0 Å². The van der Waals surface area contributed by atoms with Crippen LogP contribution in [0.5, 0.6) is 0 Å². The lowest BCUT2D eigenvalue weighted by Crippen LogP contribution is -2.51. The molecule has 2 heterocycles. The lowest BCUT2D eigenvalue weighted by molar-refractivity contribution is 0.663. The number of fused-ring (bicyclic) bond motifs is 3. The molecule has 0 fully saturated rings. The molecule has 3 aromatic rings. The van der Waals surface area contributed by atoms with Crippen molar-refractivity contribution in [2.75, 3.05) is 0 Å². The van der Waals surface area contributed by atoms with Gasteiger partial charge in [0.15, 0.2) is 0 Å². The molecule has 0 spiro atoms. The molecular weight excluding hydrogens is 332 g/mol. The van der Waals surface area contributed by atoms with E-state index in [9.17, 15) is 0 Å². The van der Waals surface area contributed by atoms with Gasteiger partial charge in [-0.05, 0) is 34.7 Å². The van der Waals surface area contributed by atoms with Crippen LogP contribution in [0.4, 0.5) is 0 Å². The van der Waals surface area contributed by atoms with Gasteiger partial charge < -0.3 is 0 Å². The molecule has 0 unspecified atom stereocenters. The zero-order valence-corrected chi connectivity index (χ0v) is 17.0. The first-order valence-electron chi connectivity index (χ1n) is 8.13. The number of thiophene rings is 2. The molecule has 23 heavy (non-hydrogen) atoms. The molecular formula is C20H22S2Si. The van der Waals surface area contributed by atoms with E-state index in [-0.39, 0.29) is 5.41 Å². The molecule has 0 atom stereocenters. The van der Waals surface area contributed by atoms with Crippen molar-refractivity contribution in [3.63, 3.8) is 0 Å². The molecule has 3 heteroatoms. The summed E-state index contributed by atoms with van der Waals surface area (Å²) < 4.78 is 1.61. The molecule has 1 aromatic carbocycles. The minimum atomic E-state index is -1.60. The second kappa shape index (κ2) is 4.92. The Kier molecular flexibility index (Phi) is 3.29. The fourth-order valence-electron chi connectivity index (χ4n) is 3.62. The first kappa shape index (κ1) is 15.4. The lowest BCUT2D eigenvalue weighted by Gasteiger charge is -2.23. The van der Waals surface area contributed by atoms with E-state index >= 15 is 0 Å². The first-order valence-corrected chi connectivity index (χ1v) is 12.8. The van der Waals surface area contributed by atoms with E-state index in [1.165, 1.54) is 25.4 Å². The van der Waals surface area contributed by atoms with Crippen molar-refractivity contribution in [1.82, 2.24) is 0 Å². The monoisotopic (exact) mass is 354 g/mol. The molecule has 0 N–H and O–H groups in total. The summed E-state index contributed by atoms with van der Waals surface area (Å²) in [6, 6.07) is 16.0. The van der Waals surface area contributed by atoms with Gasteiger partial charge in [-0.1, -0.05) is 62.5 Å². The Morgan fingerprint density at radius 1 is 0.870 bits per heavy atom. The third kappa shape index (κ3) is 2.14. The quantitative estimate of drug-likeness (QED) is 0.552. The Morgan fingerprint density at radius 2 is 1.48 bits per heavy atom. The molecule has 0 aliphatic heterocycles. The van der Waals surface area contributed by atoms with Gasteiger partial charge in [-0.2, -0.15) is 0 Å². The second-order valence-electron chi connectivity index (χ2n) is 7.57. The van der Waals surface area contributed by atoms with E-state index in [2.05, 4.69) is 87.7 Å². The van der Waals surface area contributed by atoms with Gasteiger partial charge in [0.05, 0.1) is 0 Å². The van der Waals surface area contributed by atoms with Crippen LogP contribution in [0, 0.1) is 6.92 Å². The zero-order chi connectivity index (χ0) is 16.4. The molecule has 2 aromatic heterocycles. The fourth-order valence-corrected chi connectivity index (χ4v) is 9.52. The SMILES string of the molecule is Cc1cc2c(s1)-c1sc([Si](C)(C)c3ccccc3)cc1C2(C)C. The normalized spacial score (nSPS) is 15.5. The van der Waals surface area contributed by atoms with Crippen molar-refractivity contribution >= 4 is 40.4 Å². The lowest BCUT2D eigenvalue weighted by atomic mass is 9.84. The van der Waals surface area contributed by atoms with Crippen LogP contribution in [-0.2, 0) is 5.41 Å². The molecule has 0 radical (unpaired) electrons. The van der Waals surface area contributed by atoms with Crippen LogP contribution in [0.2, 0.25) is 13.1 Å². The van der Waals surface area contributed by atoms with Gasteiger partial charge in [0.2, 0.25) is 0 Å². The highest BCUT2D eigenvalue weighted by Gasteiger charge is 2.41. The average molecular weight is 355 g/mol. The molecule has 1 aliphatic rings. The maximum Gasteiger partial charge on any atom is 0.124 e. The second-order valence-corrected chi connectivity index (χ2v) is 14.6. The van der Waals surface area contributed by atoms with Crippen LogP contribution < -0.4 is 9.69 Å². The highest BCUT2D eigenvalue weighted by molar-refractivity contribution is 7.33. The van der Waals surface area contributed by atoms with Crippen molar-refractivity contribution in [1.29, 1.82) is 0 Å². The first-order chi connectivity index (χ1) is 10.8. The van der Waals surface area contributed by atoms with Crippen LogP contribution in [-0.4, -0.2) is 8.07 Å². The molecule has 4 rings (SSSR count). The zero-order valence-electron chi connectivity index (χ0n) is 14.4. The predicted octanol–water partition coefficient (Wildman–Crippen LogP) is 5.25. The fraction of sp³-hybridized carbons (Fsp3) is 0.300. The Hall–Kier alpha value is -1.16. The van der Waals surface area contributed by atoms with Crippen molar-refractivity contribution in [3.05, 3.63) is 58.5 Å². The Bertz CT molecular complexity index is 882. The number of hydrogen-bond acceptors (Lipinski definition) is 2. The molecule has 0 saturated heterocycles. The molecule has 0 bridgehead atoms.